The lowest BCUT2D eigenvalue weighted by Crippen LogP contribution is -2.39. The molecule has 3 nitrogen and oxygen atoms in total. The van der Waals surface area contributed by atoms with Crippen LogP contribution in [0, 0.1) is 5.92 Å². The van der Waals surface area contributed by atoms with E-state index in [9.17, 15) is 0 Å². The van der Waals surface area contributed by atoms with Crippen molar-refractivity contribution in [1.29, 1.82) is 0 Å². The number of nitrogens with two attached hydrogens (primary N) is 1. The maximum atomic E-state index is 5.86. The van der Waals surface area contributed by atoms with Crippen LogP contribution < -0.4 is 5.73 Å². The van der Waals surface area contributed by atoms with Gasteiger partial charge in [0.1, 0.15) is 0 Å². The molecule has 0 bridgehead atoms. The smallest absolute Gasteiger partial charge is 0.0701 e. The normalized spacial score (nSPS) is 26.6. The first-order valence-electron chi connectivity index (χ1n) is 6.15. The van der Waals surface area contributed by atoms with Crippen LogP contribution in [0.3, 0.4) is 0 Å². The van der Waals surface area contributed by atoms with Crippen LogP contribution in [0.15, 0.2) is 0 Å². The molecule has 3 heteroatoms. The number of likely N-dealkylation sites (N-methyl/N-ethyl adjacent to an activating group) is 1. The van der Waals surface area contributed by atoms with E-state index in [2.05, 4.69) is 25.8 Å². The summed E-state index contributed by atoms with van der Waals surface area (Å²) in [5, 5.41) is 0. The van der Waals surface area contributed by atoms with Crippen LogP contribution in [0.1, 0.15) is 33.1 Å². The molecule has 90 valence electrons. The molecule has 1 heterocycles. The van der Waals surface area contributed by atoms with E-state index in [4.69, 9.17) is 10.5 Å². The Morgan fingerprint density at radius 1 is 1.40 bits per heavy atom. The molecule has 1 aliphatic heterocycles. The van der Waals surface area contributed by atoms with Crippen molar-refractivity contribution in [3.05, 3.63) is 0 Å². The third-order valence-electron chi connectivity index (χ3n) is 3.29. The van der Waals surface area contributed by atoms with Gasteiger partial charge in [-0.2, -0.15) is 0 Å². The summed E-state index contributed by atoms with van der Waals surface area (Å²) >= 11 is 0. The molecule has 3 atom stereocenters. The topological polar surface area (TPSA) is 38.5 Å². The standard InChI is InChI=1S/C12H26N2O/c1-10(11(2)13)8-14(3)9-12-6-4-5-7-15-12/h10-12H,4-9,13H2,1-3H3. The van der Waals surface area contributed by atoms with Crippen molar-refractivity contribution >= 4 is 0 Å². The quantitative estimate of drug-likeness (QED) is 0.753. The number of hydrogen-bond donors (Lipinski definition) is 1. The van der Waals surface area contributed by atoms with Crippen LogP contribution in [-0.4, -0.2) is 43.8 Å². The fraction of sp³-hybridized carbons (Fsp3) is 1.00. The van der Waals surface area contributed by atoms with Crippen molar-refractivity contribution in [1.82, 2.24) is 4.90 Å². The van der Waals surface area contributed by atoms with Gasteiger partial charge in [0.05, 0.1) is 6.10 Å². The van der Waals surface area contributed by atoms with Crippen LogP contribution in [0.5, 0.6) is 0 Å². The summed E-state index contributed by atoms with van der Waals surface area (Å²) in [4.78, 5) is 2.35. The summed E-state index contributed by atoms with van der Waals surface area (Å²) in [7, 11) is 2.16. The number of hydrogen-bond acceptors (Lipinski definition) is 3. The average molecular weight is 214 g/mol. The summed E-state index contributed by atoms with van der Waals surface area (Å²) in [6, 6.07) is 0.278. The van der Waals surface area contributed by atoms with E-state index < -0.39 is 0 Å². The predicted octanol–water partition coefficient (Wildman–Crippen LogP) is 1.47. The monoisotopic (exact) mass is 214 g/mol. The Bertz CT molecular complexity index is 167. The highest BCUT2D eigenvalue weighted by atomic mass is 16.5. The van der Waals surface area contributed by atoms with Gasteiger partial charge in [-0.05, 0) is 39.2 Å². The Kier molecular flexibility index (Phi) is 5.58. The minimum absolute atomic E-state index is 0.278. The Hall–Kier alpha value is -0.120. The molecule has 1 rings (SSSR count). The first-order valence-corrected chi connectivity index (χ1v) is 6.15. The van der Waals surface area contributed by atoms with Crippen LogP contribution in [0.2, 0.25) is 0 Å². The predicted molar refractivity (Wildman–Crippen MR) is 63.9 cm³/mol. The highest BCUT2D eigenvalue weighted by Gasteiger charge is 2.17. The van der Waals surface area contributed by atoms with Crippen LogP contribution >= 0.6 is 0 Å². The average Bonchev–Trinajstić information content (AvgIpc) is 2.18. The lowest BCUT2D eigenvalue weighted by atomic mass is 10.0. The molecule has 0 amide bonds. The molecule has 2 N–H and O–H groups in total. The third kappa shape index (κ3) is 4.96. The van der Waals surface area contributed by atoms with Crippen LogP contribution in [-0.2, 0) is 4.74 Å². The Balaban J connectivity index is 2.19. The van der Waals surface area contributed by atoms with Crippen molar-refractivity contribution in [3.8, 4) is 0 Å². The van der Waals surface area contributed by atoms with Gasteiger partial charge in [-0.15, -0.1) is 0 Å². The van der Waals surface area contributed by atoms with Crippen molar-refractivity contribution in [2.24, 2.45) is 11.7 Å². The number of nitrogens with zero attached hydrogens (tertiary/aromatic N) is 1. The second-order valence-electron chi connectivity index (χ2n) is 5.05. The molecule has 0 aromatic heterocycles. The van der Waals surface area contributed by atoms with Gasteiger partial charge in [-0.1, -0.05) is 6.92 Å². The van der Waals surface area contributed by atoms with E-state index in [1.807, 2.05) is 0 Å². The van der Waals surface area contributed by atoms with E-state index in [0.29, 0.717) is 12.0 Å². The van der Waals surface area contributed by atoms with Crippen molar-refractivity contribution in [2.45, 2.75) is 45.3 Å². The first kappa shape index (κ1) is 12.9. The van der Waals surface area contributed by atoms with E-state index in [-0.39, 0.29) is 6.04 Å². The second-order valence-corrected chi connectivity index (χ2v) is 5.05. The summed E-state index contributed by atoms with van der Waals surface area (Å²) in [5.41, 5.74) is 5.86. The summed E-state index contributed by atoms with van der Waals surface area (Å²) in [6.45, 7) is 7.36. The third-order valence-corrected chi connectivity index (χ3v) is 3.29. The molecule has 0 spiro atoms. The van der Waals surface area contributed by atoms with Gasteiger partial charge < -0.3 is 15.4 Å². The van der Waals surface area contributed by atoms with Crippen molar-refractivity contribution in [2.75, 3.05) is 26.7 Å². The number of rotatable bonds is 5. The fourth-order valence-corrected chi connectivity index (χ4v) is 2.03. The maximum absolute atomic E-state index is 5.86. The molecule has 1 aliphatic rings. The minimum atomic E-state index is 0.278. The van der Waals surface area contributed by atoms with Gasteiger partial charge in [0.2, 0.25) is 0 Å². The summed E-state index contributed by atoms with van der Waals surface area (Å²) in [5.74, 6) is 0.554. The second kappa shape index (κ2) is 6.46. The minimum Gasteiger partial charge on any atom is -0.377 e. The lowest BCUT2D eigenvalue weighted by molar-refractivity contribution is -0.00349. The molecule has 1 fully saturated rings. The Morgan fingerprint density at radius 3 is 2.67 bits per heavy atom. The first-order chi connectivity index (χ1) is 7.09. The zero-order valence-corrected chi connectivity index (χ0v) is 10.4. The van der Waals surface area contributed by atoms with Crippen LogP contribution in [0.25, 0.3) is 0 Å². The summed E-state index contributed by atoms with van der Waals surface area (Å²) < 4.78 is 5.72. The molecular weight excluding hydrogens is 188 g/mol. The summed E-state index contributed by atoms with van der Waals surface area (Å²) in [6.07, 6.45) is 4.22. The Morgan fingerprint density at radius 2 is 2.13 bits per heavy atom. The van der Waals surface area contributed by atoms with E-state index in [1.165, 1.54) is 19.3 Å². The zero-order valence-electron chi connectivity index (χ0n) is 10.4. The van der Waals surface area contributed by atoms with E-state index in [1.54, 1.807) is 0 Å². The fourth-order valence-electron chi connectivity index (χ4n) is 2.03. The van der Waals surface area contributed by atoms with Crippen molar-refractivity contribution in [3.63, 3.8) is 0 Å². The van der Waals surface area contributed by atoms with Gasteiger partial charge in [0.25, 0.3) is 0 Å². The van der Waals surface area contributed by atoms with Gasteiger partial charge in [0.15, 0.2) is 0 Å². The maximum Gasteiger partial charge on any atom is 0.0701 e. The van der Waals surface area contributed by atoms with Crippen LogP contribution in [0.4, 0.5) is 0 Å². The zero-order chi connectivity index (χ0) is 11.3. The van der Waals surface area contributed by atoms with Gasteiger partial charge in [-0.25, -0.2) is 0 Å². The molecule has 0 aliphatic carbocycles. The molecule has 0 aromatic carbocycles. The lowest BCUT2D eigenvalue weighted by Gasteiger charge is -2.29. The largest absolute Gasteiger partial charge is 0.377 e. The van der Waals surface area contributed by atoms with E-state index >= 15 is 0 Å². The molecule has 1 saturated heterocycles. The van der Waals surface area contributed by atoms with Gasteiger partial charge in [-0.3, -0.25) is 0 Å². The molecule has 15 heavy (non-hydrogen) atoms. The molecule has 0 radical (unpaired) electrons. The van der Waals surface area contributed by atoms with Crippen molar-refractivity contribution < 1.29 is 4.74 Å². The molecular formula is C12H26N2O. The number of ether oxygens (including phenoxy) is 1. The Labute approximate surface area is 94.0 Å². The van der Waals surface area contributed by atoms with Gasteiger partial charge in [0, 0.05) is 25.7 Å². The van der Waals surface area contributed by atoms with Gasteiger partial charge >= 0.3 is 0 Å². The highest BCUT2D eigenvalue weighted by Crippen LogP contribution is 2.14. The molecule has 0 aromatic rings. The van der Waals surface area contributed by atoms with E-state index in [0.717, 1.165) is 19.7 Å². The molecule has 0 saturated carbocycles. The molecule has 3 unspecified atom stereocenters. The highest BCUT2D eigenvalue weighted by molar-refractivity contribution is 4.71. The SMILES string of the molecule is CC(N)C(C)CN(C)CC1CCCCO1.